The van der Waals surface area contributed by atoms with Crippen LogP contribution in [0.1, 0.15) is 45.2 Å². The Kier molecular flexibility index (Phi) is 5.54. The van der Waals surface area contributed by atoms with E-state index >= 15 is 0 Å². The van der Waals surface area contributed by atoms with Crippen molar-refractivity contribution in [3.05, 3.63) is 58.2 Å². The van der Waals surface area contributed by atoms with Gasteiger partial charge in [0.25, 0.3) is 11.6 Å². The van der Waals surface area contributed by atoms with E-state index in [1.54, 1.807) is 24.4 Å². The number of amides is 1. The fraction of sp³-hybridized carbons (Fsp3) is 0.333. The molecule has 0 radical (unpaired) electrons. The number of rotatable bonds is 5. The number of pyridine rings is 1. The van der Waals surface area contributed by atoms with E-state index in [-0.39, 0.29) is 30.0 Å². The maximum absolute atomic E-state index is 12.5. The van der Waals surface area contributed by atoms with Crippen LogP contribution in [0, 0.1) is 5.41 Å². The number of aromatic amines is 1. The number of hydrogen-bond acceptors (Lipinski definition) is 6. The van der Waals surface area contributed by atoms with Crippen LogP contribution in [-0.4, -0.2) is 20.9 Å². The van der Waals surface area contributed by atoms with Gasteiger partial charge in [-0.1, -0.05) is 34.3 Å². The summed E-state index contributed by atoms with van der Waals surface area (Å²) < 4.78 is 11.1. The van der Waals surface area contributed by atoms with Crippen molar-refractivity contribution >= 4 is 17.3 Å². The Balaban J connectivity index is 1.75. The zero-order chi connectivity index (χ0) is 21.2. The second-order valence-electron chi connectivity index (χ2n) is 7.68. The van der Waals surface area contributed by atoms with E-state index in [4.69, 9.17) is 9.47 Å². The number of fused-ring (bicyclic) bond motifs is 1. The van der Waals surface area contributed by atoms with E-state index in [0.29, 0.717) is 23.6 Å². The molecule has 8 heteroatoms. The van der Waals surface area contributed by atoms with Crippen molar-refractivity contribution in [1.82, 2.24) is 15.0 Å². The molecule has 3 rings (SSSR count). The molecule has 29 heavy (non-hydrogen) atoms. The number of anilines is 1. The first-order valence-electron chi connectivity index (χ1n) is 9.28. The minimum atomic E-state index is -0.531. The zero-order valence-electron chi connectivity index (χ0n) is 17.0. The number of H-pyrrole nitrogens is 1. The van der Waals surface area contributed by atoms with Crippen molar-refractivity contribution in [2.24, 2.45) is 5.41 Å². The smallest absolute Gasteiger partial charge is 0.300 e. The summed E-state index contributed by atoms with van der Waals surface area (Å²) in [6.45, 7) is 11.3. The highest BCUT2D eigenvalue weighted by Crippen LogP contribution is 2.31. The number of carbonyl (C=O) groups excluding carboxylic acids is 1. The van der Waals surface area contributed by atoms with E-state index in [2.05, 4.69) is 26.8 Å². The zero-order valence-corrected chi connectivity index (χ0v) is 17.0. The summed E-state index contributed by atoms with van der Waals surface area (Å²) in [5, 5.41) is 2.77. The molecule has 0 saturated carbocycles. The van der Waals surface area contributed by atoms with Gasteiger partial charge in [0, 0.05) is 11.6 Å². The molecule has 1 amide bonds. The third kappa shape index (κ3) is 4.71. The van der Waals surface area contributed by atoms with Gasteiger partial charge in [-0.3, -0.25) is 14.6 Å². The topological polar surface area (TPSA) is 106 Å². The molecule has 0 aromatic carbocycles. The van der Waals surface area contributed by atoms with Gasteiger partial charge in [-0.05, 0) is 35.8 Å². The fourth-order valence-electron chi connectivity index (χ4n) is 2.65. The summed E-state index contributed by atoms with van der Waals surface area (Å²) in [7, 11) is 0. The van der Waals surface area contributed by atoms with E-state index < -0.39 is 5.41 Å². The first-order valence-corrected chi connectivity index (χ1v) is 9.28. The second kappa shape index (κ2) is 7.90. The Morgan fingerprint density at radius 2 is 2.14 bits per heavy atom. The number of hydrogen-bond donors (Lipinski definition) is 2. The normalized spacial score (nSPS) is 13.2. The summed E-state index contributed by atoms with van der Waals surface area (Å²) in [5.41, 5.74) is 1.09. The number of nitrogens with zero attached hydrogens (tertiary/aromatic N) is 2. The maximum Gasteiger partial charge on any atom is 0.300 e. The average molecular weight is 396 g/mol. The summed E-state index contributed by atoms with van der Waals surface area (Å²) in [6, 6.07) is 3.49. The fourth-order valence-corrected chi connectivity index (χ4v) is 2.65. The summed E-state index contributed by atoms with van der Waals surface area (Å²) in [6.07, 6.45) is 3.95. The maximum atomic E-state index is 12.5. The Hall–Kier alpha value is -3.42. The monoisotopic (exact) mass is 396 g/mol. The molecule has 0 atom stereocenters. The van der Waals surface area contributed by atoms with Crippen molar-refractivity contribution < 1.29 is 14.3 Å². The van der Waals surface area contributed by atoms with E-state index in [1.807, 2.05) is 27.7 Å². The molecule has 1 aliphatic rings. The summed E-state index contributed by atoms with van der Waals surface area (Å²) in [4.78, 5) is 35.6. The van der Waals surface area contributed by atoms with Gasteiger partial charge in [-0.25, -0.2) is 4.98 Å². The van der Waals surface area contributed by atoms with Crippen LogP contribution < -0.4 is 20.3 Å². The van der Waals surface area contributed by atoms with Crippen molar-refractivity contribution in [3.63, 3.8) is 0 Å². The van der Waals surface area contributed by atoms with Crippen LogP contribution in [0.3, 0.4) is 0 Å². The molecule has 0 saturated heterocycles. The molecule has 8 nitrogen and oxygen atoms in total. The highest BCUT2D eigenvalue weighted by atomic mass is 16.5. The lowest BCUT2D eigenvalue weighted by atomic mass is 9.96. The van der Waals surface area contributed by atoms with Gasteiger partial charge in [0.1, 0.15) is 23.7 Å². The van der Waals surface area contributed by atoms with Crippen molar-refractivity contribution in [1.29, 1.82) is 0 Å². The van der Waals surface area contributed by atoms with E-state index in [9.17, 15) is 9.59 Å². The second-order valence-corrected chi connectivity index (χ2v) is 7.68. The molecule has 0 unspecified atom stereocenters. The van der Waals surface area contributed by atoms with Crippen molar-refractivity contribution in [3.8, 4) is 11.9 Å². The molecule has 2 aromatic heterocycles. The summed E-state index contributed by atoms with van der Waals surface area (Å²) >= 11 is 0. The molecule has 0 aliphatic carbocycles. The molecule has 3 heterocycles. The average Bonchev–Trinajstić information content (AvgIpc) is 2.64. The highest BCUT2D eigenvalue weighted by molar-refractivity contribution is 5.93. The lowest BCUT2D eigenvalue weighted by Gasteiger charge is -2.18. The van der Waals surface area contributed by atoms with Crippen LogP contribution in [0.15, 0.2) is 41.5 Å². The van der Waals surface area contributed by atoms with Gasteiger partial charge in [0.2, 0.25) is 11.8 Å². The van der Waals surface area contributed by atoms with Gasteiger partial charge in [0.15, 0.2) is 0 Å². The van der Waals surface area contributed by atoms with Crippen LogP contribution in [0.2, 0.25) is 0 Å². The molecule has 2 aromatic rings. The number of aromatic nitrogens is 3. The molecule has 152 valence electrons. The Bertz CT molecular complexity index is 1050. The minimum Gasteiger partial charge on any atom is -0.460 e. The Morgan fingerprint density at radius 3 is 2.83 bits per heavy atom. The third-order valence-corrected chi connectivity index (χ3v) is 4.25. The minimum absolute atomic E-state index is 0.0380. The molecule has 1 aliphatic heterocycles. The lowest BCUT2D eigenvalue weighted by Crippen LogP contribution is -2.28. The predicted octanol–water partition coefficient (Wildman–Crippen LogP) is 3.43. The van der Waals surface area contributed by atoms with Crippen LogP contribution in [0.25, 0.3) is 5.57 Å². The van der Waals surface area contributed by atoms with Crippen LogP contribution in [-0.2, 0) is 11.4 Å². The van der Waals surface area contributed by atoms with Gasteiger partial charge in [-0.2, -0.15) is 4.98 Å². The molecular formula is C21H24N4O4. The number of ether oxygens (including phenoxy) is 2. The van der Waals surface area contributed by atoms with Crippen LogP contribution in [0.5, 0.6) is 11.9 Å². The van der Waals surface area contributed by atoms with Crippen LogP contribution in [0.4, 0.5) is 5.82 Å². The lowest BCUT2D eigenvalue weighted by molar-refractivity contribution is -0.123. The van der Waals surface area contributed by atoms with Gasteiger partial charge < -0.3 is 14.8 Å². The standard InChI is InChI=1S/C21H24N4O4/c1-6-14-9-12(2)29-18-16(14)17(26)24-20(25-18)28-11-13-7-8-22-15(10-13)23-19(27)21(3,4)5/h7-10H,2,6,11H2,1,3-5H3,(H,22,23,27)(H,24,25,26). The van der Waals surface area contributed by atoms with Crippen LogP contribution >= 0.6 is 0 Å². The molecular weight excluding hydrogens is 372 g/mol. The predicted molar refractivity (Wildman–Crippen MR) is 110 cm³/mol. The Labute approximate surface area is 168 Å². The Morgan fingerprint density at radius 1 is 1.38 bits per heavy atom. The molecule has 2 N–H and O–H groups in total. The SMILES string of the molecule is C=C1C=C(CC)c2c(nc(OCc3ccnc(NC(=O)C(C)(C)C)c3)[nH]c2=O)O1. The largest absolute Gasteiger partial charge is 0.460 e. The molecule has 0 fully saturated rings. The quantitative estimate of drug-likeness (QED) is 0.802. The third-order valence-electron chi connectivity index (χ3n) is 4.25. The highest BCUT2D eigenvalue weighted by Gasteiger charge is 2.23. The van der Waals surface area contributed by atoms with Gasteiger partial charge >= 0.3 is 0 Å². The van der Waals surface area contributed by atoms with Crippen molar-refractivity contribution in [2.45, 2.75) is 40.7 Å². The number of allylic oxidation sites excluding steroid dienone is 2. The molecule has 0 spiro atoms. The first kappa shape index (κ1) is 20.3. The number of nitrogens with one attached hydrogen (secondary N) is 2. The van der Waals surface area contributed by atoms with Gasteiger partial charge in [0.05, 0.1) is 0 Å². The van der Waals surface area contributed by atoms with Gasteiger partial charge in [-0.15, -0.1) is 0 Å². The molecule has 0 bridgehead atoms. The summed E-state index contributed by atoms with van der Waals surface area (Å²) in [5.74, 6) is 0.893. The van der Waals surface area contributed by atoms with Crippen molar-refractivity contribution in [2.75, 3.05) is 5.32 Å². The number of carbonyl (C=O) groups is 1. The first-order chi connectivity index (χ1) is 13.7. The van der Waals surface area contributed by atoms with E-state index in [1.165, 1.54) is 0 Å². The van der Waals surface area contributed by atoms with E-state index in [0.717, 1.165) is 11.1 Å².